The molecular formula is C9H12N4O2S. The number of hydrogen-bond donors (Lipinski definition) is 1. The Bertz CT molecular complexity index is 510. The van der Waals surface area contributed by atoms with Gasteiger partial charge in [0.15, 0.2) is 0 Å². The van der Waals surface area contributed by atoms with Gasteiger partial charge in [0.05, 0.1) is 5.69 Å². The third-order valence-electron chi connectivity index (χ3n) is 2.05. The second kappa shape index (κ2) is 3.67. The zero-order valence-electron chi connectivity index (χ0n) is 8.95. The molecule has 86 valence electrons. The second-order valence-electron chi connectivity index (χ2n) is 3.50. The number of para-hydroxylation sites is 1. The van der Waals surface area contributed by atoms with E-state index in [-0.39, 0.29) is 0 Å². The molecule has 0 amide bonds. The number of nitrogens with zero attached hydrogens (tertiary/aromatic N) is 3. The Kier molecular flexibility index (Phi) is 2.47. The van der Waals surface area contributed by atoms with E-state index in [2.05, 4.69) is 9.82 Å². The van der Waals surface area contributed by atoms with Crippen LogP contribution in [0.15, 0.2) is 34.7 Å². The topological polar surface area (TPSA) is 65.0 Å². The third kappa shape index (κ3) is 1.81. The van der Waals surface area contributed by atoms with E-state index in [4.69, 9.17) is 0 Å². The summed E-state index contributed by atoms with van der Waals surface area (Å²) in [6.07, 6.45) is 0. The van der Waals surface area contributed by atoms with Crippen molar-refractivity contribution in [2.75, 3.05) is 18.5 Å². The first kappa shape index (κ1) is 10.7. The minimum Gasteiger partial charge on any atom is -0.347 e. The van der Waals surface area contributed by atoms with Crippen LogP contribution in [0.1, 0.15) is 0 Å². The fraction of sp³-hybridized carbons (Fsp3) is 0.222. The molecule has 0 saturated carbocycles. The lowest BCUT2D eigenvalue weighted by Gasteiger charge is -2.18. The lowest BCUT2D eigenvalue weighted by atomic mass is 10.3. The van der Waals surface area contributed by atoms with Crippen LogP contribution < -0.4 is 9.84 Å². The molecule has 0 saturated heterocycles. The van der Waals surface area contributed by atoms with E-state index in [1.165, 1.54) is 0 Å². The van der Waals surface area contributed by atoms with Gasteiger partial charge in [0.2, 0.25) is 5.96 Å². The summed E-state index contributed by atoms with van der Waals surface area (Å²) >= 11 is 0. The maximum absolute atomic E-state index is 11.7. The monoisotopic (exact) mass is 240 g/mol. The minimum absolute atomic E-state index is 0.295. The first-order chi connectivity index (χ1) is 7.50. The third-order valence-corrected chi connectivity index (χ3v) is 3.22. The van der Waals surface area contributed by atoms with Crippen LogP contribution in [-0.2, 0) is 10.2 Å². The number of rotatable bonds is 1. The highest BCUT2D eigenvalue weighted by Gasteiger charge is 2.31. The zero-order valence-corrected chi connectivity index (χ0v) is 9.77. The number of nitrogens with one attached hydrogen (secondary N) is 1. The molecule has 16 heavy (non-hydrogen) atoms. The maximum Gasteiger partial charge on any atom is 0.365 e. The number of hydrazine groups is 1. The Morgan fingerprint density at radius 3 is 2.38 bits per heavy atom. The molecule has 1 heterocycles. The fourth-order valence-electron chi connectivity index (χ4n) is 1.26. The number of guanidine groups is 1. The number of anilines is 1. The molecule has 6 nitrogen and oxygen atoms in total. The molecule has 0 unspecified atom stereocenters. The minimum atomic E-state index is -3.67. The fourth-order valence-corrected chi connectivity index (χ4v) is 2.35. The van der Waals surface area contributed by atoms with Gasteiger partial charge < -0.3 is 4.90 Å². The molecule has 1 aromatic carbocycles. The van der Waals surface area contributed by atoms with Crippen LogP contribution in [0.4, 0.5) is 5.69 Å². The summed E-state index contributed by atoms with van der Waals surface area (Å²) in [6.45, 7) is 0. The Hall–Kier alpha value is -1.76. The molecule has 2 rings (SSSR count). The summed E-state index contributed by atoms with van der Waals surface area (Å²) in [5.74, 6) is 0.295. The van der Waals surface area contributed by atoms with Gasteiger partial charge in [0, 0.05) is 14.1 Å². The van der Waals surface area contributed by atoms with Crippen molar-refractivity contribution in [1.82, 2.24) is 10.3 Å². The summed E-state index contributed by atoms with van der Waals surface area (Å²) in [4.78, 5) is 1.60. The predicted octanol–water partition coefficient (Wildman–Crippen LogP) is 0.174. The first-order valence-corrected chi connectivity index (χ1v) is 6.04. The van der Waals surface area contributed by atoms with Crippen LogP contribution in [0.2, 0.25) is 0 Å². The van der Waals surface area contributed by atoms with Crippen molar-refractivity contribution in [1.29, 1.82) is 0 Å². The van der Waals surface area contributed by atoms with Crippen molar-refractivity contribution >= 4 is 21.9 Å². The van der Waals surface area contributed by atoms with E-state index in [0.29, 0.717) is 11.6 Å². The van der Waals surface area contributed by atoms with Crippen molar-refractivity contribution in [2.24, 2.45) is 4.40 Å². The van der Waals surface area contributed by atoms with Crippen molar-refractivity contribution in [2.45, 2.75) is 0 Å². The van der Waals surface area contributed by atoms with Gasteiger partial charge in [-0.2, -0.15) is 12.8 Å². The second-order valence-corrected chi connectivity index (χ2v) is 4.94. The van der Waals surface area contributed by atoms with Crippen molar-refractivity contribution < 1.29 is 8.42 Å². The highest BCUT2D eigenvalue weighted by atomic mass is 32.2. The Balaban J connectivity index is 2.36. The molecule has 1 aliphatic rings. The van der Waals surface area contributed by atoms with Crippen molar-refractivity contribution in [3.05, 3.63) is 30.3 Å². The Morgan fingerprint density at radius 2 is 1.88 bits per heavy atom. The largest absolute Gasteiger partial charge is 0.365 e. The van der Waals surface area contributed by atoms with E-state index in [1.807, 2.05) is 6.07 Å². The average molecular weight is 240 g/mol. The van der Waals surface area contributed by atoms with E-state index in [9.17, 15) is 8.42 Å². The number of benzene rings is 1. The lowest BCUT2D eigenvalue weighted by Crippen LogP contribution is -2.43. The van der Waals surface area contributed by atoms with Gasteiger partial charge in [-0.05, 0) is 12.1 Å². The van der Waals surface area contributed by atoms with Crippen molar-refractivity contribution in [3.63, 3.8) is 0 Å². The standard InChI is InChI=1S/C9H12N4O2S/c1-12(2)9-10-13(16(14,15)11-9)8-6-4-3-5-7-8/h3-7H,1-2H3,(H,10,11). The van der Waals surface area contributed by atoms with Crippen LogP contribution in [0.25, 0.3) is 0 Å². The molecule has 0 bridgehead atoms. The summed E-state index contributed by atoms with van der Waals surface area (Å²) in [5.41, 5.74) is 3.25. The summed E-state index contributed by atoms with van der Waals surface area (Å²) < 4.78 is 28.1. The van der Waals surface area contributed by atoms with E-state index in [0.717, 1.165) is 4.41 Å². The van der Waals surface area contributed by atoms with Crippen LogP contribution in [0, 0.1) is 0 Å². The molecule has 1 aliphatic heterocycles. The highest BCUT2D eigenvalue weighted by molar-refractivity contribution is 7.92. The highest BCUT2D eigenvalue weighted by Crippen LogP contribution is 2.19. The Morgan fingerprint density at radius 1 is 1.25 bits per heavy atom. The van der Waals surface area contributed by atoms with E-state index < -0.39 is 10.2 Å². The summed E-state index contributed by atoms with van der Waals surface area (Å²) in [6, 6.07) is 8.73. The smallest absolute Gasteiger partial charge is 0.347 e. The predicted molar refractivity (Wildman–Crippen MR) is 62.1 cm³/mol. The van der Waals surface area contributed by atoms with Gasteiger partial charge >= 0.3 is 10.2 Å². The van der Waals surface area contributed by atoms with Crippen LogP contribution in [0.3, 0.4) is 0 Å². The first-order valence-electron chi connectivity index (χ1n) is 4.65. The number of hydrogen-bond acceptors (Lipinski definition) is 4. The molecule has 0 fully saturated rings. The van der Waals surface area contributed by atoms with Crippen LogP contribution >= 0.6 is 0 Å². The molecule has 7 heteroatoms. The molecule has 0 atom stereocenters. The van der Waals surface area contributed by atoms with Gasteiger partial charge in [-0.3, -0.25) is 5.43 Å². The normalized spacial score (nSPS) is 17.9. The summed E-state index contributed by atoms with van der Waals surface area (Å²) in [7, 11) is -0.230. The Labute approximate surface area is 94.4 Å². The average Bonchev–Trinajstić information content (AvgIpc) is 2.56. The van der Waals surface area contributed by atoms with Crippen molar-refractivity contribution in [3.8, 4) is 0 Å². The van der Waals surface area contributed by atoms with Gasteiger partial charge in [0.25, 0.3) is 0 Å². The molecule has 1 N–H and O–H groups in total. The lowest BCUT2D eigenvalue weighted by molar-refractivity contribution is 0.591. The van der Waals surface area contributed by atoms with Crippen LogP contribution in [-0.4, -0.2) is 33.4 Å². The summed E-state index contributed by atoms with van der Waals surface area (Å²) in [5, 5.41) is 0. The van der Waals surface area contributed by atoms with Crippen LogP contribution in [0.5, 0.6) is 0 Å². The quantitative estimate of drug-likeness (QED) is 0.760. The molecule has 0 spiro atoms. The molecule has 0 radical (unpaired) electrons. The van der Waals surface area contributed by atoms with E-state index >= 15 is 0 Å². The van der Waals surface area contributed by atoms with Gasteiger partial charge in [-0.25, -0.2) is 0 Å². The SMILES string of the molecule is CN(C)C1=NS(=O)(=O)N(c2ccccc2)N1. The zero-order chi connectivity index (χ0) is 11.8. The molecular weight excluding hydrogens is 228 g/mol. The molecule has 1 aromatic rings. The van der Waals surface area contributed by atoms with Gasteiger partial charge in [-0.1, -0.05) is 18.2 Å². The van der Waals surface area contributed by atoms with E-state index in [1.54, 1.807) is 43.3 Å². The molecule has 0 aromatic heterocycles. The van der Waals surface area contributed by atoms with Gasteiger partial charge in [-0.15, -0.1) is 4.40 Å². The molecule has 0 aliphatic carbocycles. The van der Waals surface area contributed by atoms with Gasteiger partial charge in [0.1, 0.15) is 0 Å². The maximum atomic E-state index is 11.7.